The van der Waals surface area contributed by atoms with E-state index in [2.05, 4.69) is 25.3 Å². The molecule has 6 nitrogen and oxygen atoms in total. The number of quaternary nitrogens is 1. The predicted molar refractivity (Wildman–Crippen MR) is 137 cm³/mol. The van der Waals surface area contributed by atoms with E-state index in [1.165, 1.54) is 11.0 Å². The average molecular weight is 477 g/mol. The van der Waals surface area contributed by atoms with Crippen LogP contribution in [-0.4, -0.2) is 30.5 Å². The summed E-state index contributed by atoms with van der Waals surface area (Å²) in [6.45, 7) is 9.85. The summed E-state index contributed by atoms with van der Waals surface area (Å²) in [4.78, 5) is 14.7. The molecule has 0 bridgehead atoms. The highest BCUT2D eigenvalue weighted by molar-refractivity contribution is 6.15. The summed E-state index contributed by atoms with van der Waals surface area (Å²) in [6, 6.07) is 9.07. The zero-order chi connectivity index (χ0) is 24.9. The van der Waals surface area contributed by atoms with Crippen LogP contribution in [0.5, 0.6) is 17.2 Å². The van der Waals surface area contributed by atoms with E-state index in [-0.39, 0.29) is 17.3 Å². The van der Waals surface area contributed by atoms with E-state index in [9.17, 15) is 9.90 Å². The summed E-state index contributed by atoms with van der Waals surface area (Å²) in [5.41, 5.74) is 3.04. The first-order valence-corrected chi connectivity index (χ1v) is 12.8. The Balaban J connectivity index is 1.69. The van der Waals surface area contributed by atoms with Crippen LogP contribution in [-0.2, 0) is 13.1 Å². The Morgan fingerprint density at radius 1 is 1.09 bits per heavy atom. The van der Waals surface area contributed by atoms with Gasteiger partial charge in [-0.05, 0) is 50.1 Å². The Bertz CT molecular complexity index is 1230. The number of aryl methyl sites for hydroxylation is 1. The molecule has 0 saturated carbocycles. The molecular weight excluding hydrogens is 440 g/mol. The number of Topliss-reactive ketones (excluding diaryl/α,β-unsaturated/α-hetero) is 1. The van der Waals surface area contributed by atoms with E-state index in [0.29, 0.717) is 23.4 Å². The molecule has 6 heteroatoms. The SMILES string of the molecule is CCCC[NH+](CCCC)Cc1c([O-])ccc2c1O/C(=C/c1cn(CC)c3ccc(OC)cc13)C2=O. The highest BCUT2D eigenvalue weighted by Crippen LogP contribution is 2.39. The van der Waals surface area contributed by atoms with Crippen molar-refractivity contribution in [2.45, 2.75) is 59.5 Å². The lowest BCUT2D eigenvalue weighted by Gasteiger charge is -2.23. The highest BCUT2D eigenvalue weighted by atomic mass is 16.5. The topological polar surface area (TPSA) is 68.0 Å². The van der Waals surface area contributed by atoms with Crippen LogP contribution < -0.4 is 19.5 Å². The Morgan fingerprint density at radius 3 is 2.49 bits per heavy atom. The molecule has 1 aliphatic rings. The molecule has 0 atom stereocenters. The molecule has 4 rings (SSSR count). The molecule has 0 unspecified atom stereocenters. The molecule has 0 aliphatic carbocycles. The van der Waals surface area contributed by atoms with Crippen molar-refractivity contribution in [1.29, 1.82) is 0 Å². The number of nitrogens with one attached hydrogen (secondary N) is 1. The van der Waals surface area contributed by atoms with Crippen molar-refractivity contribution in [3.63, 3.8) is 0 Å². The Hall–Kier alpha value is -3.25. The lowest BCUT2D eigenvalue weighted by atomic mass is 10.0. The zero-order valence-corrected chi connectivity index (χ0v) is 21.3. The Kier molecular flexibility index (Phi) is 7.81. The second-order valence-corrected chi connectivity index (χ2v) is 9.25. The van der Waals surface area contributed by atoms with Gasteiger partial charge in [-0.1, -0.05) is 38.5 Å². The highest BCUT2D eigenvalue weighted by Gasteiger charge is 2.31. The number of hydrogen-bond acceptors (Lipinski definition) is 4. The maximum Gasteiger partial charge on any atom is 0.231 e. The van der Waals surface area contributed by atoms with Crippen LogP contribution in [0, 0.1) is 0 Å². The van der Waals surface area contributed by atoms with Crippen molar-refractivity contribution in [1.82, 2.24) is 4.57 Å². The average Bonchev–Trinajstić information content (AvgIpc) is 3.38. The molecule has 1 N–H and O–H groups in total. The number of carbonyl (C=O) groups excluding carboxylic acids is 1. The van der Waals surface area contributed by atoms with Crippen LogP contribution in [0.15, 0.2) is 42.3 Å². The number of rotatable bonds is 11. The van der Waals surface area contributed by atoms with Crippen molar-refractivity contribution in [2.75, 3.05) is 20.2 Å². The number of hydrogen-bond donors (Lipinski definition) is 1. The molecule has 0 radical (unpaired) electrons. The maximum atomic E-state index is 13.3. The Morgan fingerprint density at radius 2 is 1.83 bits per heavy atom. The van der Waals surface area contributed by atoms with Crippen molar-refractivity contribution in [2.24, 2.45) is 0 Å². The lowest BCUT2D eigenvalue weighted by molar-refractivity contribution is -0.914. The third-order valence-corrected chi connectivity index (χ3v) is 6.84. The molecule has 3 aromatic rings. The molecule has 0 saturated heterocycles. The second-order valence-electron chi connectivity index (χ2n) is 9.25. The van der Waals surface area contributed by atoms with E-state index in [1.54, 1.807) is 19.3 Å². The summed E-state index contributed by atoms with van der Waals surface area (Å²) in [5.74, 6) is 1.22. The van der Waals surface area contributed by atoms with Gasteiger partial charge in [-0.3, -0.25) is 4.79 Å². The van der Waals surface area contributed by atoms with Crippen LogP contribution in [0.3, 0.4) is 0 Å². The van der Waals surface area contributed by atoms with Gasteiger partial charge in [0.25, 0.3) is 0 Å². The zero-order valence-electron chi connectivity index (χ0n) is 21.3. The van der Waals surface area contributed by atoms with Gasteiger partial charge < -0.3 is 24.0 Å². The number of ketones is 1. The maximum absolute atomic E-state index is 13.3. The quantitative estimate of drug-likeness (QED) is 0.418. The molecule has 2 aromatic carbocycles. The number of benzene rings is 2. The first-order chi connectivity index (χ1) is 17.0. The van der Waals surface area contributed by atoms with E-state index in [4.69, 9.17) is 9.47 Å². The number of ether oxygens (including phenoxy) is 2. The van der Waals surface area contributed by atoms with Crippen molar-refractivity contribution < 1.29 is 24.3 Å². The fourth-order valence-electron chi connectivity index (χ4n) is 4.81. The molecule has 0 spiro atoms. The molecule has 1 aliphatic heterocycles. The third-order valence-electron chi connectivity index (χ3n) is 6.84. The number of nitrogens with zero attached hydrogens (tertiary/aromatic N) is 1. The molecular formula is C29H36N2O4. The summed E-state index contributed by atoms with van der Waals surface area (Å²) in [6.07, 6.45) is 8.27. The van der Waals surface area contributed by atoms with Gasteiger partial charge >= 0.3 is 0 Å². The van der Waals surface area contributed by atoms with Crippen LogP contribution in [0.1, 0.15) is 67.9 Å². The van der Waals surface area contributed by atoms with Crippen LogP contribution in [0.4, 0.5) is 0 Å². The normalized spacial score (nSPS) is 14.2. The van der Waals surface area contributed by atoms with E-state index in [0.717, 1.165) is 67.5 Å². The van der Waals surface area contributed by atoms with Gasteiger partial charge in [0.05, 0.1) is 25.8 Å². The van der Waals surface area contributed by atoms with Crippen molar-refractivity contribution >= 4 is 22.8 Å². The van der Waals surface area contributed by atoms with Gasteiger partial charge in [-0.2, -0.15) is 0 Å². The fourth-order valence-corrected chi connectivity index (χ4v) is 4.81. The van der Waals surface area contributed by atoms with Gasteiger partial charge in [0.15, 0.2) is 5.76 Å². The van der Waals surface area contributed by atoms with Crippen molar-refractivity contribution in [3.8, 4) is 17.2 Å². The smallest absolute Gasteiger partial charge is 0.231 e. The second kappa shape index (κ2) is 11.0. The Labute approximate surface area is 207 Å². The number of aromatic nitrogens is 1. The van der Waals surface area contributed by atoms with Crippen LogP contribution in [0.2, 0.25) is 0 Å². The molecule has 0 amide bonds. The molecule has 1 aromatic heterocycles. The summed E-state index contributed by atoms with van der Waals surface area (Å²) in [5, 5.41) is 13.9. The molecule has 186 valence electrons. The minimum absolute atomic E-state index is 0.0596. The minimum atomic E-state index is -0.176. The minimum Gasteiger partial charge on any atom is -0.872 e. The predicted octanol–water partition coefficient (Wildman–Crippen LogP) is 4.34. The van der Waals surface area contributed by atoms with E-state index in [1.807, 2.05) is 24.4 Å². The number of carbonyl (C=O) groups is 1. The van der Waals surface area contributed by atoms with Crippen molar-refractivity contribution in [3.05, 3.63) is 59.0 Å². The molecule has 2 heterocycles. The lowest BCUT2D eigenvalue weighted by Crippen LogP contribution is -3.10. The first-order valence-electron chi connectivity index (χ1n) is 12.8. The van der Waals surface area contributed by atoms with E-state index >= 15 is 0 Å². The van der Waals surface area contributed by atoms with Gasteiger partial charge in [0, 0.05) is 34.8 Å². The fraction of sp³-hybridized carbons (Fsp3) is 0.414. The number of methoxy groups -OCH3 is 1. The first kappa shape index (κ1) is 24.9. The number of unbranched alkanes of at least 4 members (excludes halogenated alkanes) is 2. The third kappa shape index (κ3) is 5.08. The monoisotopic (exact) mass is 476 g/mol. The van der Waals surface area contributed by atoms with Gasteiger partial charge in [0.1, 0.15) is 18.0 Å². The standard InChI is InChI=1S/C29H36N2O4/c1-5-8-14-30(15-9-6-2)19-24-26(32)13-11-22-28(33)27(35-29(22)24)16-20-18-31(7-3)25-12-10-21(34-4)17-23(20)25/h10-13,16-18,32H,5-9,14-15,19H2,1-4H3/b27-16+. The largest absolute Gasteiger partial charge is 0.872 e. The van der Waals surface area contributed by atoms with Crippen LogP contribution >= 0.6 is 0 Å². The van der Waals surface area contributed by atoms with Crippen LogP contribution in [0.25, 0.3) is 17.0 Å². The summed E-state index contributed by atoms with van der Waals surface area (Å²) >= 11 is 0. The summed E-state index contributed by atoms with van der Waals surface area (Å²) in [7, 11) is 1.64. The van der Waals surface area contributed by atoms with E-state index < -0.39 is 0 Å². The molecule has 35 heavy (non-hydrogen) atoms. The summed E-state index contributed by atoms with van der Waals surface area (Å²) < 4.78 is 13.7. The van der Waals surface area contributed by atoms with Gasteiger partial charge in [-0.25, -0.2) is 0 Å². The van der Waals surface area contributed by atoms with Gasteiger partial charge in [-0.15, -0.1) is 0 Å². The molecule has 0 fully saturated rings. The number of allylic oxidation sites excluding steroid dienone is 1. The van der Waals surface area contributed by atoms with Gasteiger partial charge in [0.2, 0.25) is 5.78 Å². The number of fused-ring (bicyclic) bond motifs is 2.